The van der Waals surface area contributed by atoms with E-state index in [1.807, 2.05) is 10.6 Å². The summed E-state index contributed by atoms with van der Waals surface area (Å²) in [4.78, 5) is 15.4. The zero-order valence-electron chi connectivity index (χ0n) is 10.7. The van der Waals surface area contributed by atoms with E-state index in [0.717, 1.165) is 30.9 Å². The van der Waals surface area contributed by atoms with Crippen molar-refractivity contribution in [2.75, 3.05) is 13.1 Å². The fourth-order valence-corrected chi connectivity index (χ4v) is 2.68. The summed E-state index contributed by atoms with van der Waals surface area (Å²) in [7, 11) is 0. The molecule has 0 aliphatic carbocycles. The average molecular weight is 259 g/mol. The smallest absolute Gasteiger partial charge is 0.335 e. The number of aromatic carboxylic acids is 1. The minimum Gasteiger partial charge on any atom is -0.478 e. The van der Waals surface area contributed by atoms with Crippen LogP contribution in [-0.4, -0.2) is 33.6 Å². The number of hydrogen-bond donors (Lipinski definition) is 2. The van der Waals surface area contributed by atoms with E-state index in [9.17, 15) is 4.79 Å². The number of carboxylic acids is 1. The molecule has 0 spiro atoms. The van der Waals surface area contributed by atoms with Crippen LogP contribution >= 0.6 is 0 Å². The number of pyridine rings is 1. The Labute approximate surface area is 111 Å². The Morgan fingerprint density at radius 1 is 1.47 bits per heavy atom. The van der Waals surface area contributed by atoms with Gasteiger partial charge in [-0.15, -0.1) is 0 Å². The normalized spacial score (nSPS) is 16.8. The van der Waals surface area contributed by atoms with Gasteiger partial charge in [0.1, 0.15) is 5.82 Å². The Bertz CT molecular complexity index is 600. The van der Waals surface area contributed by atoms with Gasteiger partial charge < -0.3 is 14.8 Å². The molecule has 1 aliphatic heterocycles. The zero-order valence-corrected chi connectivity index (χ0v) is 10.7. The van der Waals surface area contributed by atoms with E-state index in [1.54, 1.807) is 18.3 Å². The molecule has 0 aromatic carbocycles. The Hall–Kier alpha value is -1.88. The van der Waals surface area contributed by atoms with Crippen molar-refractivity contribution in [1.29, 1.82) is 0 Å². The van der Waals surface area contributed by atoms with Crippen molar-refractivity contribution in [2.45, 2.75) is 19.3 Å². The molecule has 0 atom stereocenters. The Balaban J connectivity index is 1.86. The summed E-state index contributed by atoms with van der Waals surface area (Å²) in [6, 6.07) is 3.30. The predicted octanol–water partition coefficient (Wildman–Crippen LogP) is 1.57. The third-order valence-electron chi connectivity index (χ3n) is 3.79. The highest BCUT2D eigenvalue weighted by Crippen LogP contribution is 2.19. The van der Waals surface area contributed by atoms with E-state index in [-0.39, 0.29) is 0 Å². The van der Waals surface area contributed by atoms with E-state index in [4.69, 9.17) is 5.11 Å². The Kier molecular flexibility index (Phi) is 3.21. The molecule has 1 aliphatic rings. The molecular formula is C14H17N3O2. The van der Waals surface area contributed by atoms with E-state index in [1.165, 1.54) is 12.8 Å². The quantitative estimate of drug-likeness (QED) is 0.878. The van der Waals surface area contributed by atoms with Gasteiger partial charge in [0, 0.05) is 12.6 Å². The van der Waals surface area contributed by atoms with Gasteiger partial charge in [-0.25, -0.2) is 9.78 Å². The summed E-state index contributed by atoms with van der Waals surface area (Å²) in [5.41, 5.74) is 1.16. The molecule has 0 radical (unpaired) electrons. The SMILES string of the molecule is O=C(O)c1ccn2c(CC3CCNCC3)ncc2c1. The molecule has 1 fully saturated rings. The van der Waals surface area contributed by atoms with Crippen molar-refractivity contribution in [3.63, 3.8) is 0 Å². The first-order valence-electron chi connectivity index (χ1n) is 6.64. The lowest BCUT2D eigenvalue weighted by Crippen LogP contribution is -2.29. The van der Waals surface area contributed by atoms with Crippen molar-refractivity contribution in [3.8, 4) is 0 Å². The van der Waals surface area contributed by atoms with E-state index < -0.39 is 5.97 Å². The van der Waals surface area contributed by atoms with Crippen molar-refractivity contribution in [2.24, 2.45) is 5.92 Å². The van der Waals surface area contributed by atoms with Gasteiger partial charge in [-0.2, -0.15) is 0 Å². The minimum atomic E-state index is -0.899. The monoisotopic (exact) mass is 259 g/mol. The number of piperidine rings is 1. The van der Waals surface area contributed by atoms with E-state index in [0.29, 0.717) is 11.5 Å². The van der Waals surface area contributed by atoms with Crippen molar-refractivity contribution >= 4 is 11.5 Å². The van der Waals surface area contributed by atoms with Gasteiger partial charge in [-0.3, -0.25) is 0 Å². The third kappa shape index (κ3) is 2.46. The Morgan fingerprint density at radius 3 is 3.00 bits per heavy atom. The first-order chi connectivity index (χ1) is 9.24. The number of aromatic nitrogens is 2. The molecule has 3 heterocycles. The average Bonchev–Trinajstić information content (AvgIpc) is 2.82. The zero-order chi connectivity index (χ0) is 13.2. The van der Waals surface area contributed by atoms with Crippen LogP contribution in [0.5, 0.6) is 0 Å². The van der Waals surface area contributed by atoms with Gasteiger partial charge >= 0.3 is 5.97 Å². The maximum absolute atomic E-state index is 10.9. The number of nitrogens with one attached hydrogen (secondary N) is 1. The van der Waals surface area contributed by atoms with Crippen molar-refractivity contribution in [3.05, 3.63) is 35.9 Å². The molecule has 5 heteroatoms. The van der Waals surface area contributed by atoms with Crippen LogP contribution in [0.3, 0.4) is 0 Å². The van der Waals surface area contributed by atoms with Gasteiger partial charge in [0.25, 0.3) is 0 Å². The molecule has 0 saturated carbocycles. The highest BCUT2D eigenvalue weighted by molar-refractivity contribution is 5.88. The molecular weight excluding hydrogens is 242 g/mol. The minimum absolute atomic E-state index is 0.306. The van der Waals surface area contributed by atoms with Crippen LogP contribution in [0.1, 0.15) is 29.0 Å². The second-order valence-electron chi connectivity index (χ2n) is 5.09. The summed E-state index contributed by atoms with van der Waals surface area (Å²) >= 11 is 0. The second-order valence-corrected chi connectivity index (χ2v) is 5.09. The molecule has 0 bridgehead atoms. The number of rotatable bonds is 3. The highest BCUT2D eigenvalue weighted by Gasteiger charge is 2.16. The summed E-state index contributed by atoms with van der Waals surface area (Å²) in [5, 5.41) is 12.3. The second kappa shape index (κ2) is 5.01. The molecule has 3 rings (SSSR count). The first-order valence-corrected chi connectivity index (χ1v) is 6.64. The molecule has 2 aromatic heterocycles. The largest absolute Gasteiger partial charge is 0.478 e. The fourth-order valence-electron chi connectivity index (χ4n) is 2.68. The van der Waals surface area contributed by atoms with E-state index >= 15 is 0 Å². The molecule has 19 heavy (non-hydrogen) atoms. The maximum Gasteiger partial charge on any atom is 0.335 e. The van der Waals surface area contributed by atoms with Gasteiger partial charge in [0.05, 0.1) is 17.3 Å². The lowest BCUT2D eigenvalue weighted by Gasteiger charge is -2.21. The maximum atomic E-state index is 10.9. The summed E-state index contributed by atoms with van der Waals surface area (Å²) in [6.07, 6.45) is 6.89. The van der Waals surface area contributed by atoms with Gasteiger partial charge in [-0.05, 0) is 44.0 Å². The van der Waals surface area contributed by atoms with Gasteiger partial charge in [0.15, 0.2) is 0 Å². The summed E-state index contributed by atoms with van der Waals surface area (Å²) in [5.74, 6) is 0.799. The van der Waals surface area contributed by atoms with Crippen LogP contribution in [0.4, 0.5) is 0 Å². The number of hydrogen-bond acceptors (Lipinski definition) is 3. The highest BCUT2D eigenvalue weighted by atomic mass is 16.4. The van der Waals surface area contributed by atoms with Crippen LogP contribution in [0.25, 0.3) is 5.52 Å². The first kappa shape index (κ1) is 12.2. The van der Waals surface area contributed by atoms with Crippen LogP contribution in [0.15, 0.2) is 24.5 Å². The topological polar surface area (TPSA) is 66.6 Å². The molecule has 5 nitrogen and oxygen atoms in total. The number of nitrogens with zero attached hydrogens (tertiary/aromatic N) is 2. The van der Waals surface area contributed by atoms with Crippen LogP contribution in [-0.2, 0) is 6.42 Å². The van der Waals surface area contributed by atoms with E-state index in [2.05, 4.69) is 10.3 Å². The van der Waals surface area contributed by atoms with Crippen molar-refractivity contribution in [1.82, 2.24) is 14.7 Å². The standard InChI is InChI=1S/C14H17N3O2/c18-14(19)11-3-6-17-12(8-11)9-16-13(17)7-10-1-4-15-5-2-10/h3,6,8-10,15H,1-2,4-5,7H2,(H,18,19). The molecule has 0 unspecified atom stereocenters. The van der Waals surface area contributed by atoms with Gasteiger partial charge in [0.2, 0.25) is 0 Å². The molecule has 2 aromatic rings. The lowest BCUT2D eigenvalue weighted by atomic mass is 9.94. The number of fused-ring (bicyclic) bond motifs is 1. The fraction of sp³-hybridized carbons (Fsp3) is 0.429. The van der Waals surface area contributed by atoms with Crippen LogP contribution in [0, 0.1) is 5.92 Å². The number of carbonyl (C=O) groups is 1. The number of carboxylic acid groups (broad SMARTS) is 1. The Morgan fingerprint density at radius 2 is 2.26 bits per heavy atom. The predicted molar refractivity (Wildman–Crippen MR) is 71.4 cm³/mol. The van der Waals surface area contributed by atoms with Crippen LogP contribution < -0.4 is 5.32 Å². The summed E-state index contributed by atoms with van der Waals surface area (Å²) < 4.78 is 1.99. The molecule has 100 valence electrons. The molecule has 1 saturated heterocycles. The molecule has 0 amide bonds. The summed E-state index contributed by atoms with van der Waals surface area (Å²) in [6.45, 7) is 2.16. The lowest BCUT2D eigenvalue weighted by molar-refractivity contribution is 0.0697. The third-order valence-corrected chi connectivity index (χ3v) is 3.79. The van der Waals surface area contributed by atoms with Gasteiger partial charge in [-0.1, -0.05) is 0 Å². The number of imidazole rings is 1. The van der Waals surface area contributed by atoms with Crippen LogP contribution in [0.2, 0.25) is 0 Å². The van der Waals surface area contributed by atoms with Crippen molar-refractivity contribution < 1.29 is 9.90 Å². The molecule has 2 N–H and O–H groups in total.